The fourth-order valence-corrected chi connectivity index (χ4v) is 0.144. The number of nitrogens with two attached hydrogens (primary N) is 2. The normalized spacial score (nSPS) is 6.40. The van der Waals surface area contributed by atoms with Crippen molar-refractivity contribution >= 4 is 0 Å². The molecule has 94 valence electrons. The van der Waals surface area contributed by atoms with Crippen molar-refractivity contribution in [3.05, 3.63) is 13.8 Å². The Labute approximate surface area is 110 Å². The molecule has 0 aromatic heterocycles. The Bertz CT molecular complexity index is 45.6. The van der Waals surface area contributed by atoms with Crippen molar-refractivity contribution < 1.29 is 31.9 Å². The van der Waals surface area contributed by atoms with Gasteiger partial charge in [0.1, 0.15) is 0 Å². The molecule has 0 rings (SSSR count). The van der Waals surface area contributed by atoms with E-state index in [9.17, 15) is 0 Å². The van der Waals surface area contributed by atoms with E-state index in [-0.39, 0.29) is 34.9 Å². The molecule has 0 saturated heterocycles. The Balaban J connectivity index is -0.0000000300. The summed E-state index contributed by atoms with van der Waals surface area (Å²) in [6.07, 6.45) is 2.02. The minimum atomic E-state index is 0. The molecule has 0 amide bonds. The van der Waals surface area contributed by atoms with Crippen LogP contribution in [0, 0.1) is 13.8 Å². The van der Waals surface area contributed by atoms with Gasteiger partial charge >= 0.3 is 21.7 Å². The summed E-state index contributed by atoms with van der Waals surface area (Å²) >= 11 is 0. The Morgan fingerprint density at radius 1 is 1.00 bits per heavy atom. The molecule has 0 saturated carbocycles. The average molecular weight is 256 g/mol. The molecule has 15 heavy (non-hydrogen) atoms. The van der Waals surface area contributed by atoms with Gasteiger partial charge in [0.2, 0.25) is 0 Å². The van der Waals surface area contributed by atoms with E-state index in [1.54, 1.807) is 13.8 Å². The van der Waals surface area contributed by atoms with Gasteiger partial charge in [0.05, 0.1) is 0 Å². The van der Waals surface area contributed by atoms with E-state index >= 15 is 0 Å². The fraction of sp³-hybridized carbons (Fsp3) is 0.800. The number of rotatable bonds is 2. The van der Waals surface area contributed by atoms with Crippen LogP contribution in [0.1, 0.15) is 26.7 Å². The standard InChI is InChI=1S/C4H10N.C2H6N.2C2H6O.Ti/c1-2-3-4-5;3*1-2-3;/h1-5H2;1-3H2;2*3H,2H2,1H3;/q2*-1;;;+2. The first-order chi connectivity index (χ1) is 6.66. The summed E-state index contributed by atoms with van der Waals surface area (Å²) in [5.41, 5.74) is 9.84. The molecule has 0 fully saturated rings. The van der Waals surface area contributed by atoms with Crippen molar-refractivity contribution in [1.29, 1.82) is 0 Å². The zero-order valence-corrected chi connectivity index (χ0v) is 11.8. The van der Waals surface area contributed by atoms with E-state index in [0.717, 1.165) is 19.4 Å². The quantitative estimate of drug-likeness (QED) is 0.423. The number of hydrogen-bond acceptors (Lipinski definition) is 4. The topological polar surface area (TPSA) is 92.5 Å². The molecule has 0 heterocycles. The predicted octanol–water partition coefficient (Wildman–Crippen LogP) is 0.333. The van der Waals surface area contributed by atoms with Gasteiger partial charge in [0.25, 0.3) is 0 Å². The van der Waals surface area contributed by atoms with Gasteiger partial charge in [-0.3, -0.25) is 0 Å². The molecule has 0 aliphatic rings. The molecule has 0 radical (unpaired) electrons. The third kappa shape index (κ3) is 352. The molecule has 0 unspecified atom stereocenters. The molecule has 5 heteroatoms. The molecule has 4 nitrogen and oxygen atoms in total. The van der Waals surface area contributed by atoms with Crippen LogP contribution in [0.15, 0.2) is 0 Å². The zero-order valence-electron chi connectivity index (χ0n) is 10.2. The second-order valence-electron chi connectivity index (χ2n) is 1.92. The van der Waals surface area contributed by atoms with Crippen LogP contribution in [0.4, 0.5) is 0 Å². The summed E-state index contributed by atoms with van der Waals surface area (Å²) in [6, 6.07) is 0. The molecule has 0 atom stereocenters. The second kappa shape index (κ2) is 62.2. The second-order valence-corrected chi connectivity index (χ2v) is 1.92. The minimum Gasteiger partial charge on any atom is -0.397 e. The van der Waals surface area contributed by atoms with Gasteiger partial charge in [-0.1, -0.05) is 6.42 Å². The van der Waals surface area contributed by atoms with Crippen molar-refractivity contribution in [3.8, 4) is 0 Å². The van der Waals surface area contributed by atoms with Gasteiger partial charge in [0.15, 0.2) is 0 Å². The van der Waals surface area contributed by atoms with Crippen molar-refractivity contribution in [1.82, 2.24) is 0 Å². The monoisotopic (exact) mass is 256 g/mol. The summed E-state index contributed by atoms with van der Waals surface area (Å²) < 4.78 is 0. The van der Waals surface area contributed by atoms with Crippen LogP contribution in [0.2, 0.25) is 0 Å². The van der Waals surface area contributed by atoms with Gasteiger partial charge in [-0.25, -0.2) is 0 Å². The molecule has 0 aliphatic carbocycles. The summed E-state index contributed by atoms with van der Waals surface area (Å²) in [5, 5.41) is 15.1. The third-order valence-corrected chi connectivity index (χ3v) is 0.454. The van der Waals surface area contributed by atoms with Crippen LogP contribution >= 0.6 is 0 Å². The first kappa shape index (κ1) is 29.6. The van der Waals surface area contributed by atoms with Gasteiger partial charge in [-0.2, -0.15) is 6.42 Å². The van der Waals surface area contributed by atoms with Crippen LogP contribution in [0.25, 0.3) is 0 Å². The first-order valence-corrected chi connectivity index (χ1v) is 4.86. The number of aliphatic hydroxyl groups is 2. The zero-order chi connectivity index (χ0) is 12.2. The maximum Gasteiger partial charge on any atom is 2.00 e. The fourth-order valence-electron chi connectivity index (χ4n) is 0.144. The molecule has 0 bridgehead atoms. The van der Waals surface area contributed by atoms with Gasteiger partial charge < -0.3 is 35.5 Å². The number of aliphatic hydroxyl groups excluding tert-OH is 2. The molecule has 0 aromatic carbocycles. The summed E-state index contributed by atoms with van der Waals surface area (Å²) in [5.74, 6) is 0. The van der Waals surface area contributed by atoms with E-state index in [0.29, 0.717) is 6.54 Å². The molecular formula is C10H28N2O2Ti. The van der Waals surface area contributed by atoms with E-state index in [4.69, 9.17) is 21.7 Å². The van der Waals surface area contributed by atoms with Gasteiger partial charge in [-0.05, 0) is 20.4 Å². The largest absolute Gasteiger partial charge is 2.00 e. The van der Waals surface area contributed by atoms with Crippen molar-refractivity contribution in [2.45, 2.75) is 26.7 Å². The van der Waals surface area contributed by atoms with Gasteiger partial charge in [0, 0.05) is 13.2 Å². The number of unbranched alkanes of at least 4 members (excludes halogenated alkanes) is 1. The minimum absolute atomic E-state index is 0. The Morgan fingerprint density at radius 2 is 1.20 bits per heavy atom. The summed E-state index contributed by atoms with van der Waals surface area (Å²) in [4.78, 5) is 0. The van der Waals surface area contributed by atoms with Crippen LogP contribution in [0.5, 0.6) is 0 Å². The van der Waals surface area contributed by atoms with E-state index in [1.165, 1.54) is 0 Å². The summed E-state index contributed by atoms with van der Waals surface area (Å²) in [6.45, 7) is 12.0. The average Bonchev–Trinajstić information content (AvgIpc) is 2.09. The molecule has 0 aromatic rings. The smallest absolute Gasteiger partial charge is 0.397 e. The number of hydrogen-bond donors (Lipinski definition) is 4. The maximum absolute atomic E-state index is 7.57. The van der Waals surface area contributed by atoms with Crippen molar-refractivity contribution in [2.75, 3.05) is 26.3 Å². The van der Waals surface area contributed by atoms with Crippen molar-refractivity contribution in [3.63, 3.8) is 0 Å². The van der Waals surface area contributed by atoms with E-state index in [1.807, 2.05) is 0 Å². The Kier molecular flexibility index (Phi) is 123. The predicted molar refractivity (Wildman–Crippen MR) is 63.6 cm³/mol. The van der Waals surface area contributed by atoms with Crippen LogP contribution in [-0.4, -0.2) is 36.5 Å². The van der Waals surface area contributed by atoms with Crippen LogP contribution in [-0.2, 0) is 21.7 Å². The van der Waals surface area contributed by atoms with Crippen molar-refractivity contribution in [2.24, 2.45) is 11.5 Å². The first-order valence-electron chi connectivity index (χ1n) is 4.86. The summed E-state index contributed by atoms with van der Waals surface area (Å²) in [7, 11) is 0. The maximum atomic E-state index is 7.57. The van der Waals surface area contributed by atoms with Crippen LogP contribution < -0.4 is 11.5 Å². The van der Waals surface area contributed by atoms with E-state index < -0.39 is 0 Å². The SMILES string of the molecule is CCO.CCO.[CH2-]CCCN.[CH2-]CN.[Ti+2]. The van der Waals surface area contributed by atoms with E-state index in [2.05, 4.69) is 13.8 Å². The van der Waals surface area contributed by atoms with Crippen LogP contribution in [0.3, 0.4) is 0 Å². The third-order valence-electron chi connectivity index (χ3n) is 0.454. The molecular weight excluding hydrogens is 228 g/mol. The molecule has 0 spiro atoms. The Hall–Kier alpha value is 0.554. The molecule has 6 N–H and O–H groups in total. The Morgan fingerprint density at radius 3 is 1.20 bits per heavy atom. The van der Waals surface area contributed by atoms with Gasteiger partial charge in [-0.15, -0.1) is 6.54 Å². The molecule has 0 aliphatic heterocycles.